The molecule has 0 saturated carbocycles. The zero-order chi connectivity index (χ0) is 16.1. The fourth-order valence-corrected chi connectivity index (χ4v) is 3.75. The number of nitrogens with one attached hydrogen (secondary N) is 2. The van der Waals surface area contributed by atoms with E-state index in [1.165, 1.54) is 25.3 Å². The van der Waals surface area contributed by atoms with Crippen LogP contribution in [0.3, 0.4) is 0 Å². The van der Waals surface area contributed by atoms with Crippen LogP contribution in [0.15, 0.2) is 18.2 Å². The van der Waals surface area contributed by atoms with E-state index in [2.05, 4.69) is 15.5 Å². The molecule has 1 aromatic rings. The Balaban J connectivity index is 1.70. The molecule has 0 radical (unpaired) electrons. The van der Waals surface area contributed by atoms with Crippen LogP contribution in [0.25, 0.3) is 0 Å². The lowest BCUT2D eigenvalue weighted by molar-refractivity contribution is 0.122. The summed E-state index contributed by atoms with van der Waals surface area (Å²) < 4.78 is 27.2. The molecule has 5 heteroatoms. The van der Waals surface area contributed by atoms with Crippen molar-refractivity contribution in [3.8, 4) is 0 Å². The van der Waals surface area contributed by atoms with Gasteiger partial charge in [0.2, 0.25) is 0 Å². The van der Waals surface area contributed by atoms with Crippen LogP contribution < -0.4 is 10.6 Å². The smallest absolute Gasteiger partial charge is 0.130 e. The summed E-state index contributed by atoms with van der Waals surface area (Å²) in [5.41, 5.74) is 0.603. The minimum atomic E-state index is -0.504. The highest BCUT2D eigenvalue weighted by Gasteiger charge is 2.25. The van der Waals surface area contributed by atoms with Crippen molar-refractivity contribution >= 4 is 0 Å². The summed E-state index contributed by atoms with van der Waals surface area (Å²) in [6.07, 6.45) is 4.69. The maximum Gasteiger partial charge on any atom is 0.130 e. The lowest BCUT2D eigenvalue weighted by Crippen LogP contribution is -2.48. The molecule has 0 aromatic heterocycles. The highest BCUT2D eigenvalue weighted by atomic mass is 19.1. The molecule has 3 nitrogen and oxygen atoms in total. The first-order valence-corrected chi connectivity index (χ1v) is 8.82. The van der Waals surface area contributed by atoms with Crippen LogP contribution in [-0.2, 0) is 6.54 Å². The van der Waals surface area contributed by atoms with Crippen molar-refractivity contribution in [1.82, 2.24) is 15.5 Å². The van der Waals surface area contributed by atoms with Crippen molar-refractivity contribution in [3.63, 3.8) is 0 Å². The summed E-state index contributed by atoms with van der Waals surface area (Å²) in [6.45, 7) is 5.77. The van der Waals surface area contributed by atoms with E-state index in [9.17, 15) is 8.78 Å². The van der Waals surface area contributed by atoms with Gasteiger partial charge in [-0.2, -0.15) is 0 Å². The minimum absolute atomic E-state index is 0.427. The fraction of sp³-hybridized carbons (Fsp3) is 0.667. The molecule has 2 aliphatic rings. The van der Waals surface area contributed by atoms with Crippen molar-refractivity contribution in [1.29, 1.82) is 0 Å². The molecule has 2 saturated heterocycles. The topological polar surface area (TPSA) is 27.3 Å². The summed E-state index contributed by atoms with van der Waals surface area (Å²) >= 11 is 0. The first kappa shape index (κ1) is 16.8. The van der Waals surface area contributed by atoms with Gasteiger partial charge in [0.05, 0.1) is 0 Å². The third kappa shape index (κ3) is 4.72. The summed E-state index contributed by atoms with van der Waals surface area (Å²) in [4.78, 5) is 2.42. The second kappa shape index (κ2) is 8.18. The van der Waals surface area contributed by atoms with Gasteiger partial charge in [-0.3, -0.25) is 4.90 Å². The van der Waals surface area contributed by atoms with E-state index in [4.69, 9.17) is 0 Å². The third-order valence-electron chi connectivity index (χ3n) is 5.13. The Bertz CT molecular complexity index is 497. The fourth-order valence-electron chi connectivity index (χ4n) is 3.75. The molecular formula is C18H27F2N3. The molecule has 1 aromatic carbocycles. The van der Waals surface area contributed by atoms with Gasteiger partial charge in [-0.15, -0.1) is 0 Å². The number of nitrogens with zero attached hydrogens (tertiary/aromatic N) is 1. The summed E-state index contributed by atoms with van der Waals surface area (Å²) in [6, 6.07) is 4.40. The highest BCUT2D eigenvalue weighted by Crippen LogP contribution is 2.21. The van der Waals surface area contributed by atoms with E-state index in [1.807, 2.05) is 0 Å². The van der Waals surface area contributed by atoms with Crippen LogP contribution in [0.4, 0.5) is 8.78 Å². The van der Waals surface area contributed by atoms with Gasteiger partial charge in [0.15, 0.2) is 0 Å². The predicted octanol–water partition coefficient (Wildman–Crippen LogP) is 2.52. The molecule has 0 bridgehead atoms. The number of hydrogen-bond donors (Lipinski definition) is 2. The van der Waals surface area contributed by atoms with Gasteiger partial charge >= 0.3 is 0 Å². The number of piperidine rings is 2. The van der Waals surface area contributed by atoms with E-state index in [1.54, 1.807) is 6.07 Å². The molecule has 2 heterocycles. The molecule has 23 heavy (non-hydrogen) atoms. The monoisotopic (exact) mass is 323 g/mol. The second-order valence-corrected chi connectivity index (χ2v) is 6.86. The zero-order valence-corrected chi connectivity index (χ0v) is 13.7. The second-order valence-electron chi connectivity index (χ2n) is 6.86. The number of hydrogen-bond acceptors (Lipinski definition) is 3. The quantitative estimate of drug-likeness (QED) is 0.872. The number of halogens is 2. The lowest BCUT2D eigenvalue weighted by Gasteiger charge is -2.38. The standard InChI is InChI=1S/C18H27F2N3/c19-16-4-3-15(18(20)10-16)13-23(17-2-1-7-22-11-17)12-14-5-8-21-9-6-14/h3-4,10,14,17,21-22H,1-2,5-9,11-13H2. The average Bonchev–Trinajstić information content (AvgIpc) is 2.58. The first-order chi connectivity index (χ1) is 11.2. The SMILES string of the molecule is Fc1ccc(CN(CC2CCNCC2)C2CCCNC2)c(F)c1. The Morgan fingerprint density at radius 3 is 2.57 bits per heavy atom. The van der Waals surface area contributed by atoms with Gasteiger partial charge < -0.3 is 10.6 Å². The zero-order valence-electron chi connectivity index (χ0n) is 13.7. The molecule has 128 valence electrons. The van der Waals surface area contributed by atoms with E-state index >= 15 is 0 Å². The lowest BCUT2D eigenvalue weighted by atomic mass is 9.95. The van der Waals surface area contributed by atoms with Crippen molar-refractivity contribution < 1.29 is 8.78 Å². The van der Waals surface area contributed by atoms with E-state index in [0.717, 1.165) is 45.2 Å². The molecule has 2 fully saturated rings. The van der Waals surface area contributed by atoms with Crippen LogP contribution in [0.5, 0.6) is 0 Å². The van der Waals surface area contributed by atoms with Gasteiger partial charge in [0.25, 0.3) is 0 Å². The normalized spacial score (nSPS) is 23.3. The average molecular weight is 323 g/mol. The van der Waals surface area contributed by atoms with Crippen molar-refractivity contribution in [2.75, 3.05) is 32.7 Å². The number of rotatable bonds is 5. The summed E-state index contributed by atoms with van der Waals surface area (Å²) in [5.74, 6) is -0.263. The van der Waals surface area contributed by atoms with Gasteiger partial charge in [-0.05, 0) is 57.3 Å². The molecule has 3 rings (SSSR count). The van der Waals surface area contributed by atoms with Crippen molar-refractivity contribution in [2.24, 2.45) is 5.92 Å². The van der Waals surface area contributed by atoms with Crippen LogP contribution in [0.2, 0.25) is 0 Å². The van der Waals surface area contributed by atoms with Crippen molar-refractivity contribution in [3.05, 3.63) is 35.4 Å². The Kier molecular flexibility index (Phi) is 5.97. The molecule has 0 amide bonds. The van der Waals surface area contributed by atoms with Crippen LogP contribution in [0, 0.1) is 17.6 Å². The van der Waals surface area contributed by atoms with E-state index in [-0.39, 0.29) is 0 Å². The Hall–Kier alpha value is -1.04. The van der Waals surface area contributed by atoms with Gasteiger partial charge in [-0.25, -0.2) is 8.78 Å². The highest BCUT2D eigenvalue weighted by molar-refractivity contribution is 5.18. The predicted molar refractivity (Wildman–Crippen MR) is 88.3 cm³/mol. The van der Waals surface area contributed by atoms with Gasteiger partial charge in [0, 0.05) is 37.3 Å². The summed E-state index contributed by atoms with van der Waals surface area (Å²) in [5, 5.41) is 6.85. The van der Waals surface area contributed by atoms with Crippen molar-refractivity contribution in [2.45, 2.75) is 38.3 Å². The van der Waals surface area contributed by atoms with Crippen LogP contribution in [-0.4, -0.2) is 43.7 Å². The Morgan fingerprint density at radius 1 is 1.04 bits per heavy atom. The molecule has 1 unspecified atom stereocenters. The molecule has 2 N–H and O–H groups in total. The number of benzene rings is 1. The summed E-state index contributed by atoms with van der Waals surface area (Å²) in [7, 11) is 0. The maximum atomic E-state index is 14.1. The molecular weight excluding hydrogens is 296 g/mol. The van der Waals surface area contributed by atoms with E-state index in [0.29, 0.717) is 24.1 Å². The van der Waals surface area contributed by atoms with Gasteiger partial charge in [0.1, 0.15) is 11.6 Å². The van der Waals surface area contributed by atoms with E-state index < -0.39 is 11.6 Å². The largest absolute Gasteiger partial charge is 0.317 e. The Labute approximate surface area is 137 Å². The third-order valence-corrected chi connectivity index (χ3v) is 5.13. The molecule has 1 atom stereocenters. The molecule has 0 aliphatic carbocycles. The minimum Gasteiger partial charge on any atom is -0.317 e. The Morgan fingerprint density at radius 2 is 1.87 bits per heavy atom. The van der Waals surface area contributed by atoms with Crippen LogP contribution in [0.1, 0.15) is 31.2 Å². The molecule has 0 spiro atoms. The first-order valence-electron chi connectivity index (χ1n) is 8.82. The van der Waals surface area contributed by atoms with Crippen LogP contribution >= 0.6 is 0 Å². The maximum absolute atomic E-state index is 14.1. The molecule has 2 aliphatic heterocycles. The van der Waals surface area contributed by atoms with Gasteiger partial charge in [-0.1, -0.05) is 6.07 Å².